The van der Waals surface area contributed by atoms with Crippen molar-refractivity contribution in [3.05, 3.63) is 77.9 Å². The molecular formula is C21H18FN9O. The Morgan fingerprint density at radius 2 is 2.03 bits per heavy atom. The van der Waals surface area contributed by atoms with Crippen molar-refractivity contribution in [2.75, 3.05) is 5.32 Å². The first-order chi connectivity index (χ1) is 15.5. The molecule has 0 saturated heterocycles. The topological polar surface area (TPSA) is 108 Å². The maximum absolute atomic E-state index is 13.4. The van der Waals surface area contributed by atoms with Gasteiger partial charge in [-0.1, -0.05) is 12.1 Å². The number of amides is 1. The van der Waals surface area contributed by atoms with Crippen LogP contribution in [0.2, 0.25) is 0 Å². The van der Waals surface area contributed by atoms with E-state index < -0.39 is 5.91 Å². The van der Waals surface area contributed by atoms with Crippen molar-refractivity contribution >= 4 is 17.5 Å². The lowest BCUT2D eigenvalue weighted by atomic mass is 10.2. The number of carbonyl (C=O) groups excluding carboxylic acids is 1. The summed E-state index contributed by atoms with van der Waals surface area (Å²) in [6.07, 6.45) is 4.88. The van der Waals surface area contributed by atoms with Gasteiger partial charge in [-0.25, -0.2) is 23.6 Å². The van der Waals surface area contributed by atoms with E-state index in [9.17, 15) is 9.18 Å². The Kier molecular flexibility index (Phi) is 4.70. The number of anilines is 1. The molecule has 0 aliphatic heterocycles. The minimum atomic E-state index is -0.465. The van der Waals surface area contributed by atoms with Gasteiger partial charge in [0.1, 0.15) is 12.1 Å². The molecular weight excluding hydrogens is 413 g/mol. The summed E-state index contributed by atoms with van der Waals surface area (Å²) < 4.78 is 18.2. The van der Waals surface area contributed by atoms with Crippen molar-refractivity contribution in [2.45, 2.75) is 13.5 Å². The Morgan fingerprint density at radius 3 is 2.81 bits per heavy atom. The van der Waals surface area contributed by atoms with Gasteiger partial charge in [0.2, 0.25) is 5.95 Å². The number of nitrogens with zero attached hydrogens (tertiary/aromatic N) is 8. The molecule has 1 amide bonds. The van der Waals surface area contributed by atoms with Crippen molar-refractivity contribution in [2.24, 2.45) is 7.05 Å². The van der Waals surface area contributed by atoms with Crippen LogP contribution in [0.4, 0.5) is 10.3 Å². The van der Waals surface area contributed by atoms with Gasteiger partial charge in [0, 0.05) is 30.6 Å². The quantitative estimate of drug-likeness (QED) is 0.458. The van der Waals surface area contributed by atoms with Crippen molar-refractivity contribution in [1.29, 1.82) is 0 Å². The monoisotopic (exact) mass is 431 g/mol. The SMILES string of the molecule is Cc1c(-c2ccnc3cc(C(=O)Nc4ncn(Cc5cccc(F)c5)n4)nn23)cnn1C. The lowest BCUT2D eigenvalue weighted by Crippen LogP contribution is -2.14. The first-order valence-corrected chi connectivity index (χ1v) is 9.77. The molecule has 1 N–H and O–H groups in total. The van der Waals surface area contributed by atoms with Crippen LogP contribution >= 0.6 is 0 Å². The van der Waals surface area contributed by atoms with Gasteiger partial charge in [-0.05, 0) is 30.7 Å². The number of hydrogen-bond donors (Lipinski definition) is 1. The molecule has 0 saturated carbocycles. The Hall–Kier alpha value is -4.41. The number of benzene rings is 1. The summed E-state index contributed by atoms with van der Waals surface area (Å²) in [6.45, 7) is 2.28. The minimum absolute atomic E-state index is 0.125. The normalized spacial score (nSPS) is 11.2. The molecule has 160 valence electrons. The van der Waals surface area contributed by atoms with Gasteiger partial charge >= 0.3 is 0 Å². The number of aromatic nitrogens is 8. The number of carbonyl (C=O) groups is 1. The first-order valence-electron chi connectivity index (χ1n) is 9.77. The summed E-state index contributed by atoms with van der Waals surface area (Å²) in [4.78, 5) is 21.1. The smallest absolute Gasteiger partial charge is 0.278 e. The molecule has 0 bridgehead atoms. The van der Waals surface area contributed by atoms with Gasteiger partial charge in [-0.3, -0.25) is 14.8 Å². The van der Waals surface area contributed by atoms with E-state index in [1.54, 1.807) is 39.8 Å². The van der Waals surface area contributed by atoms with E-state index in [-0.39, 0.29) is 17.5 Å². The van der Waals surface area contributed by atoms with Gasteiger partial charge in [0.15, 0.2) is 11.3 Å². The fraction of sp³-hybridized carbons (Fsp3) is 0.143. The van der Waals surface area contributed by atoms with E-state index in [0.29, 0.717) is 12.2 Å². The van der Waals surface area contributed by atoms with Gasteiger partial charge in [0.05, 0.1) is 18.4 Å². The molecule has 0 aliphatic carbocycles. The van der Waals surface area contributed by atoms with Gasteiger partial charge in [-0.15, -0.1) is 5.10 Å². The molecule has 0 aliphatic rings. The Balaban J connectivity index is 1.37. The molecule has 0 atom stereocenters. The van der Waals surface area contributed by atoms with Crippen LogP contribution < -0.4 is 5.32 Å². The fourth-order valence-corrected chi connectivity index (χ4v) is 3.38. The largest absolute Gasteiger partial charge is 0.288 e. The molecule has 32 heavy (non-hydrogen) atoms. The third kappa shape index (κ3) is 3.60. The molecule has 1 aromatic carbocycles. The van der Waals surface area contributed by atoms with E-state index >= 15 is 0 Å². The Morgan fingerprint density at radius 1 is 1.16 bits per heavy atom. The molecule has 4 heterocycles. The summed E-state index contributed by atoms with van der Waals surface area (Å²) in [5.74, 6) is -0.662. The van der Waals surface area contributed by atoms with Gasteiger partial charge < -0.3 is 0 Å². The number of hydrogen-bond acceptors (Lipinski definition) is 6. The van der Waals surface area contributed by atoms with E-state index in [1.165, 1.54) is 23.1 Å². The molecule has 4 aromatic heterocycles. The van der Waals surface area contributed by atoms with E-state index in [1.807, 2.05) is 20.0 Å². The summed E-state index contributed by atoms with van der Waals surface area (Å²) in [6, 6.07) is 9.62. The third-order valence-electron chi connectivity index (χ3n) is 5.10. The van der Waals surface area contributed by atoms with Gasteiger partial charge in [0.25, 0.3) is 5.91 Å². The zero-order chi connectivity index (χ0) is 22.2. The highest BCUT2D eigenvalue weighted by molar-refractivity contribution is 6.02. The molecule has 11 heteroatoms. The fourth-order valence-electron chi connectivity index (χ4n) is 3.38. The van der Waals surface area contributed by atoms with Crippen LogP contribution in [-0.2, 0) is 13.6 Å². The summed E-state index contributed by atoms with van der Waals surface area (Å²) in [5.41, 5.74) is 4.07. The third-order valence-corrected chi connectivity index (χ3v) is 5.10. The van der Waals surface area contributed by atoms with Crippen molar-refractivity contribution in [3.63, 3.8) is 0 Å². The van der Waals surface area contributed by atoms with Crippen LogP contribution in [0.1, 0.15) is 21.7 Å². The molecule has 0 radical (unpaired) electrons. The summed E-state index contributed by atoms with van der Waals surface area (Å²) in [5, 5.41) is 15.6. The van der Waals surface area contributed by atoms with E-state index in [0.717, 1.165) is 22.5 Å². The standard InChI is InChI=1S/C21H18FN9O/c1-13-16(10-25-29(13)2)18-6-7-23-19-9-17(27-31(18)19)20(32)26-21-24-12-30(28-21)11-14-4-3-5-15(22)8-14/h3-10,12H,11H2,1-2H3,(H,26,28,32). The minimum Gasteiger partial charge on any atom is -0.288 e. The lowest BCUT2D eigenvalue weighted by molar-refractivity contribution is 0.102. The van der Waals surface area contributed by atoms with Crippen molar-refractivity contribution in [3.8, 4) is 11.3 Å². The lowest BCUT2D eigenvalue weighted by Gasteiger charge is -2.03. The van der Waals surface area contributed by atoms with Crippen LogP contribution in [0.15, 0.2) is 55.1 Å². The highest BCUT2D eigenvalue weighted by Gasteiger charge is 2.17. The van der Waals surface area contributed by atoms with Crippen molar-refractivity contribution < 1.29 is 9.18 Å². The summed E-state index contributed by atoms with van der Waals surface area (Å²) in [7, 11) is 1.86. The van der Waals surface area contributed by atoms with Crippen LogP contribution in [0.5, 0.6) is 0 Å². The highest BCUT2D eigenvalue weighted by Crippen LogP contribution is 2.23. The number of halogens is 1. The molecule has 10 nitrogen and oxygen atoms in total. The number of fused-ring (bicyclic) bond motifs is 1. The Bertz CT molecular complexity index is 1450. The zero-order valence-corrected chi connectivity index (χ0v) is 17.3. The maximum Gasteiger partial charge on any atom is 0.278 e. The second-order valence-electron chi connectivity index (χ2n) is 7.25. The Labute approximate surface area is 181 Å². The number of rotatable bonds is 5. The molecule has 0 fully saturated rings. The zero-order valence-electron chi connectivity index (χ0n) is 17.3. The van der Waals surface area contributed by atoms with Crippen molar-refractivity contribution in [1.82, 2.24) is 39.1 Å². The second kappa shape index (κ2) is 7.69. The summed E-state index contributed by atoms with van der Waals surface area (Å²) >= 11 is 0. The molecule has 0 unspecified atom stereocenters. The first kappa shape index (κ1) is 19.5. The highest BCUT2D eigenvalue weighted by atomic mass is 19.1. The number of aryl methyl sites for hydroxylation is 1. The predicted molar refractivity (Wildman–Crippen MR) is 113 cm³/mol. The van der Waals surface area contributed by atoms with E-state index in [4.69, 9.17) is 0 Å². The molecule has 5 aromatic rings. The van der Waals surface area contributed by atoms with E-state index in [2.05, 4.69) is 30.6 Å². The average Bonchev–Trinajstić information content (AvgIpc) is 3.48. The van der Waals surface area contributed by atoms with Gasteiger partial charge in [-0.2, -0.15) is 10.2 Å². The average molecular weight is 431 g/mol. The number of nitrogens with one attached hydrogen (secondary N) is 1. The van der Waals surface area contributed by atoms with Crippen LogP contribution in [-0.4, -0.2) is 45.1 Å². The van der Waals surface area contributed by atoms with Crippen LogP contribution in [0.25, 0.3) is 16.9 Å². The maximum atomic E-state index is 13.4. The predicted octanol–water partition coefficient (Wildman–Crippen LogP) is 2.47. The molecule has 5 rings (SSSR count). The van der Waals surface area contributed by atoms with Crippen LogP contribution in [0, 0.1) is 12.7 Å². The molecule has 0 spiro atoms. The second-order valence-corrected chi connectivity index (χ2v) is 7.25. The van der Waals surface area contributed by atoms with Crippen LogP contribution in [0.3, 0.4) is 0 Å².